The van der Waals surface area contributed by atoms with Gasteiger partial charge in [-0.05, 0) is 35.1 Å². The van der Waals surface area contributed by atoms with E-state index in [2.05, 4.69) is 12.1 Å². The number of rotatable bonds is 4. The number of nitrogens with zero attached hydrogens (tertiary/aromatic N) is 1. The number of carbonyl (C=O) groups excluding carboxylic acids is 1. The van der Waals surface area contributed by atoms with Crippen LogP contribution in [0.25, 0.3) is 11.1 Å². The molecule has 0 radical (unpaired) electrons. The Bertz CT molecular complexity index is 850. The van der Waals surface area contributed by atoms with Crippen LogP contribution in [0.2, 0.25) is 0 Å². The highest BCUT2D eigenvalue weighted by Gasteiger charge is 2.50. The first kappa shape index (κ1) is 17.5. The van der Waals surface area contributed by atoms with Gasteiger partial charge in [0.1, 0.15) is 6.61 Å². The lowest BCUT2D eigenvalue weighted by molar-refractivity contribution is -0.151. The molecule has 0 aromatic heterocycles. The van der Waals surface area contributed by atoms with Gasteiger partial charge in [0.05, 0.1) is 6.61 Å². The van der Waals surface area contributed by atoms with Gasteiger partial charge in [-0.15, -0.1) is 0 Å². The Balaban J connectivity index is 1.56. The quantitative estimate of drug-likeness (QED) is 0.868. The predicted octanol–water partition coefficient (Wildman–Crippen LogP) is 2.85. The first-order chi connectivity index (χ1) is 13.1. The summed E-state index contributed by atoms with van der Waals surface area (Å²) in [5.41, 5.74) is 2.87. The molecule has 2 aliphatic rings. The molecule has 1 fully saturated rings. The van der Waals surface area contributed by atoms with E-state index in [1.54, 1.807) is 0 Å². The van der Waals surface area contributed by atoms with E-state index >= 15 is 0 Å². The average Bonchev–Trinajstić information content (AvgIpc) is 3.27. The number of carboxylic acid groups (broad SMARTS) is 1. The number of aliphatic carboxylic acids is 1. The van der Waals surface area contributed by atoms with Crippen molar-refractivity contribution in [1.82, 2.24) is 4.90 Å². The van der Waals surface area contributed by atoms with Gasteiger partial charge in [0.25, 0.3) is 0 Å². The van der Waals surface area contributed by atoms with Crippen molar-refractivity contribution in [1.29, 1.82) is 0 Å². The van der Waals surface area contributed by atoms with E-state index in [4.69, 9.17) is 4.74 Å². The summed E-state index contributed by atoms with van der Waals surface area (Å²) in [6.07, 6.45) is 0.0610. The SMILES string of the molecule is O=C(OCC1c2ccccc2-c2ccccc21)N1CCC[C@]1(CO)C(=O)O. The van der Waals surface area contributed by atoms with Gasteiger partial charge in [0, 0.05) is 12.5 Å². The summed E-state index contributed by atoms with van der Waals surface area (Å²) >= 11 is 0. The highest BCUT2D eigenvalue weighted by Crippen LogP contribution is 2.44. The van der Waals surface area contributed by atoms with Gasteiger partial charge in [0.15, 0.2) is 5.54 Å². The number of benzene rings is 2. The molecule has 27 heavy (non-hydrogen) atoms. The number of carbonyl (C=O) groups is 2. The smallest absolute Gasteiger partial charge is 0.410 e. The second-order valence-electron chi connectivity index (χ2n) is 7.05. The Kier molecular flexibility index (Phi) is 4.36. The van der Waals surface area contributed by atoms with Crippen LogP contribution < -0.4 is 0 Å². The molecular formula is C21H21NO5. The van der Waals surface area contributed by atoms with E-state index in [0.29, 0.717) is 6.42 Å². The van der Waals surface area contributed by atoms with E-state index in [1.807, 2.05) is 36.4 Å². The van der Waals surface area contributed by atoms with Crippen molar-refractivity contribution in [3.63, 3.8) is 0 Å². The number of aliphatic hydroxyl groups is 1. The van der Waals surface area contributed by atoms with Crippen molar-refractivity contribution in [2.75, 3.05) is 19.8 Å². The van der Waals surface area contributed by atoms with Crippen LogP contribution in [-0.2, 0) is 9.53 Å². The molecule has 0 unspecified atom stereocenters. The van der Waals surface area contributed by atoms with E-state index < -0.39 is 24.2 Å². The van der Waals surface area contributed by atoms with Crippen molar-refractivity contribution in [2.24, 2.45) is 0 Å². The molecular weight excluding hydrogens is 346 g/mol. The highest BCUT2D eigenvalue weighted by atomic mass is 16.6. The van der Waals surface area contributed by atoms with E-state index in [1.165, 1.54) is 0 Å². The molecule has 4 rings (SSSR count). The van der Waals surface area contributed by atoms with Crippen LogP contribution in [0, 0.1) is 0 Å². The van der Waals surface area contributed by atoms with Crippen LogP contribution in [0.5, 0.6) is 0 Å². The minimum Gasteiger partial charge on any atom is -0.479 e. The van der Waals surface area contributed by atoms with Crippen molar-refractivity contribution < 1.29 is 24.5 Å². The lowest BCUT2D eigenvalue weighted by atomic mass is 9.97. The number of hydrogen-bond donors (Lipinski definition) is 2. The summed E-state index contributed by atoms with van der Waals surface area (Å²) < 4.78 is 5.54. The number of fused-ring (bicyclic) bond motifs is 3. The Morgan fingerprint density at radius 2 is 1.67 bits per heavy atom. The third-order valence-corrected chi connectivity index (χ3v) is 5.70. The number of ether oxygens (including phenoxy) is 1. The molecule has 6 heteroatoms. The van der Waals surface area contributed by atoms with Gasteiger partial charge in [-0.2, -0.15) is 0 Å². The molecule has 1 heterocycles. The summed E-state index contributed by atoms with van der Waals surface area (Å²) in [6.45, 7) is -0.222. The standard InChI is InChI=1S/C21H21NO5/c23-13-21(19(24)25)10-5-11-22(21)20(26)27-12-18-16-8-3-1-6-14(16)15-7-2-4-9-17(15)18/h1-4,6-9,18,23H,5,10-13H2,(H,24,25)/t21-/m0/s1. The van der Waals surface area contributed by atoms with E-state index in [-0.39, 0.29) is 25.5 Å². The van der Waals surface area contributed by atoms with E-state index in [9.17, 15) is 19.8 Å². The Morgan fingerprint density at radius 3 is 2.22 bits per heavy atom. The molecule has 2 aromatic carbocycles. The third kappa shape index (κ3) is 2.68. The van der Waals surface area contributed by atoms with Crippen LogP contribution in [0.1, 0.15) is 29.9 Å². The summed E-state index contributed by atoms with van der Waals surface area (Å²) in [5, 5.41) is 19.1. The minimum atomic E-state index is -1.58. The minimum absolute atomic E-state index is 0.0858. The van der Waals surface area contributed by atoms with E-state index in [0.717, 1.165) is 27.2 Å². The second kappa shape index (κ2) is 6.70. The van der Waals surface area contributed by atoms with Gasteiger partial charge in [-0.25, -0.2) is 9.59 Å². The number of amides is 1. The Labute approximate surface area is 157 Å². The number of likely N-dealkylation sites (tertiary alicyclic amines) is 1. The second-order valence-corrected chi connectivity index (χ2v) is 7.05. The number of aliphatic hydroxyl groups excluding tert-OH is 1. The molecule has 1 aliphatic carbocycles. The molecule has 0 bridgehead atoms. The maximum Gasteiger partial charge on any atom is 0.410 e. The van der Waals surface area contributed by atoms with Gasteiger partial charge >= 0.3 is 12.1 Å². The zero-order chi connectivity index (χ0) is 19.0. The Morgan fingerprint density at radius 1 is 1.07 bits per heavy atom. The van der Waals surface area contributed by atoms with Crippen molar-refractivity contribution in [2.45, 2.75) is 24.3 Å². The summed E-state index contributed by atoms with van der Waals surface area (Å²) in [6, 6.07) is 16.0. The molecule has 1 aliphatic heterocycles. The lowest BCUT2D eigenvalue weighted by Crippen LogP contribution is -2.55. The fourth-order valence-electron chi connectivity index (χ4n) is 4.27. The molecule has 6 nitrogen and oxygen atoms in total. The maximum atomic E-state index is 12.6. The van der Waals surface area contributed by atoms with Crippen LogP contribution >= 0.6 is 0 Å². The molecule has 2 N–H and O–H groups in total. The maximum absolute atomic E-state index is 12.6. The van der Waals surface area contributed by atoms with Gasteiger partial charge in [-0.1, -0.05) is 48.5 Å². The van der Waals surface area contributed by atoms with Gasteiger partial charge in [-0.3, -0.25) is 4.90 Å². The van der Waals surface area contributed by atoms with Crippen LogP contribution in [-0.4, -0.2) is 52.5 Å². The summed E-state index contributed by atoms with van der Waals surface area (Å²) in [7, 11) is 0. The topological polar surface area (TPSA) is 87.1 Å². The zero-order valence-electron chi connectivity index (χ0n) is 14.8. The third-order valence-electron chi connectivity index (χ3n) is 5.70. The van der Waals surface area contributed by atoms with Crippen LogP contribution in [0.3, 0.4) is 0 Å². The molecule has 1 saturated heterocycles. The first-order valence-corrected chi connectivity index (χ1v) is 9.05. The molecule has 2 aromatic rings. The van der Waals surface area contributed by atoms with Crippen molar-refractivity contribution in [3.8, 4) is 11.1 Å². The highest BCUT2D eigenvalue weighted by molar-refractivity contribution is 5.85. The average molecular weight is 367 g/mol. The van der Waals surface area contributed by atoms with Crippen molar-refractivity contribution >= 4 is 12.1 Å². The van der Waals surface area contributed by atoms with Crippen molar-refractivity contribution in [3.05, 3.63) is 59.7 Å². The molecule has 0 saturated carbocycles. The largest absolute Gasteiger partial charge is 0.479 e. The molecule has 0 spiro atoms. The molecule has 1 amide bonds. The number of hydrogen-bond acceptors (Lipinski definition) is 4. The van der Waals surface area contributed by atoms with Gasteiger partial charge in [0.2, 0.25) is 0 Å². The Hall–Kier alpha value is -2.86. The normalized spacial score (nSPS) is 21.0. The predicted molar refractivity (Wildman–Crippen MR) is 98.5 cm³/mol. The fraction of sp³-hybridized carbons (Fsp3) is 0.333. The fourth-order valence-corrected chi connectivity index (χ4v) is 4.27. The van der Waals surface area contributed by atoms with Crippen LogP contribution in [0.15, 0.2) is 48.5 Å². The first-order valence-electron chi connectivity index (χ1n) is 9.05. The van der Waals surface area contributed by atoms with Crippen LogP contribution in [0.4, 0.5) is 4.79 Å². The summed E-state index contributed by atoms with van der Waals surface area (Å²) in [5.74, 6) is -1.28. The molecule has 140 valence electrons. The lowest BCUT2D eigenvalue weighted by Gasteiger charge is -2.32. The zero-order valence-corrected chi connectivity index (χ0v) is 14.8. The summed E-state index contributed by atoms with van der Waals surface area (Å²) in [4.78, 5) is 25.4. The number of carboxylic acids is 1. The molecule has 1 atom stereocenters. The monoisotopic (exact) mass is 367 g/mol. The van der Waals surface area contributed by atoms with Gasteiger partial charge < -0.3 is 14.9 Å².